The van der Waals surface area contributed by atoms with Gasteiger partial charge >= 0.3 is 0 Å². The molecule has 90 valence electrons. The van der Waals surface area contributed by atoms with Crippen LogP contribution >= 0.6 is 0 Å². The first-order valence-electron chi connectivity index (χ1n) is 6.03. The molecule has 0 bridgehead atoms. The van der Waals surface area contributed by atoms with E-state index in [1.807, 2.05) is 0 Å². The Balaban J connectivity index is 2.15. The van der Waals surface area contributed by atoms with E-state index in [-0.39, 0.29) is 0 Å². The molecular weight excluding hydrogens is 208 g/mol. The van der Waals surface area contributed by atoms with Gasteiger partial charge in [-0.05, 0) is 56.5 Å². The minimum Gasteiger partial charge on any atom is -0.322 e. The van der Waals surface area contributed by atoms with Crippen LogP contribution in [0.1, 0.15) is 28.1 Å². The molecule has 0 radical (unpaired) electrons. The maximum absolute atomic E-state index is 3.46. The number of rotatable bonds is 3. The van der Waals surface area contributed by atoms with E-state index in [4.69, 9.17) is 0 Å². The van der Waals surface area contributed by atoms with E-state index in [0.29, 0.717) is 0 Å². The Kier molecular flexibility index (Phi) is 3.23. The summed E-state index contributed by atoms with van der Waals surface area (Å²) >= 11 is 0. The van der Waals surface area contributed by atoms with Crippen LogP contribution in [0.2, 0.25) is 0 Å². The number of hydrogen-bond acceptors (Lipinski definition) is 1. The monoisotopic (exact) mass is 228 g/mol. The van der Waals surface area contributed by atoms with Gasteiger partial charge in [-0.3, -0.25) is 4.68 Å². The van der Waals surface area contributed by atoms with E-state index in [9.17, 15) is 0 Å². The summed E-state index contributed by atoms with van der Waals surface area (Å²) in [6.07, 6.45) is 0. The highest BCUT2D eigenvalue weighted by atomic mass is 15.4. The zero-order valence-electron chi connectivity index (χ0n) is 11.0. The lowest BCUT2D eigenvalue weighted by atomic mass is 10.0. The lowest BCUT2D eigenvalue weighted by molar-refractivity contribution is 0.789. The number of nitrogens with one attached hydrogen (secondary N) is 1. The van der Waals surface area contributed by atoms with E-state index in [1.54, 1.807) is 0 Å². The van der Waals surface area contributed by atoms with Crippen LogP contribution in [-0.2, 0) is 6.54 Å². The molecule has 0 saturated carbocycles. The second kappa shape index (κ2) is 4.66. The lowest BCUT2D eigenvalue weighted by Gasteiger charge is -2.15. The van der Waals surface area contributed by atoms with Crippen molar-refractivity contribution in [2.45, 2.75) is 34.2 Å². The van der Waals surface area contributed by atoms with Crippen LogP contribution in [-0.4, -0.2) is 4.68 Å². The van der Waals surface area contributed by atoms with Crippen molar-refractivity contribution in [3.8, 4) is 0 Å². The highest BCUT2D eigenvalue weighted by Crippen LogP contribution is 2.13. The highest BCUT2D eigenvalue weighted by Gasteiger charge is 2.03. The predicted octanol–water partition coefficient (Wildman–Crippen LogP) is 3.47. The summed E-state index contributed by atoms with van der Waals surface area (Å²) in [4.78, 5) is 0. The predicted molar refractivity (Wildman–Crippen MR) is 72.9 cm³/mol. The van der Waals surface area contributed by atoms with Crippen LogP contribution in [0.5, 0.6) is 0 Å². The second-order valence-electron chi connectivity index (χ2n) is 4.65. The Hall–Kier alpha value is -1.70. The van der Waals surface area contributed by atoms with Crippen molar-refractivity contribution in [2.75, 3.05) is 5.43 Å². The van der Waals surface area contributed by atoms with E-state index in [0.717, 1.165) is 6.54 Å². The molecule has 0 fully saturated rings. The van der Waals surface area contributed by atoms with E-state index >= 15 is 0 Å². The first-order chi connectivity index (χ1) is 8.09. The molecule has 1 N–H and O–H groups in total. The van der Waals surface area contributed by atoms with Crippen LogP contribution in [0.4, 0.5) is 0 Å². The van der Waals surface area contributed by atoms with Crippen LogP contribution in [0.15, 0.2) is 30.3 Å². The van der Waals surface area contributed by atoms with Crippen molar-refractivity contribution in [3.63, 3.8) is 0 Å². The molecule has 0 aliphatic rings. The molecule has 0 atom stereocenters. The molecule has 2 rings (SSSR count). The summed E-state index contributed by atoms with van der Waals surface area (Å²) in [6.45, 7) is 9.43. The van der Waals surface area contributed by atoms with E-state index in [1.165, 1.54) is 28.1 Å². The smallest absolute Gasteiger partial charge is 0.0567 e. The molecule has 0 aliphatic carbocycles. The number of nitrogens with zero attached hydrogens (tertiary/aromatic N) is 1. The van der Waals surface area contributed by atoms with Crippen molar-refractivity contribution in [2.24, 2.45) is 0 Å². The molecule has 1 aromatic carbocycles. The molecule has 0 aliphatic heterocycles. The standard InChI is InChI=1S/C15H20N2/c1-11-6-5-7-15(14(11)4)10-16-17-12(2)8-9-13(17)3/h5-9,16H,10H2,1-4H3. The zero-order chi connectivity index (χ0) is 12.4. The van der Waals surface area contributed by atoms with Crippen molar-refractivity contribution in [3.05, 3.63) is 58.4 Å². The van der Waals surface area contributed by atoms with E-state index < -0.39 is 0 Å². The van der Waals surface area contributed by atoms with Gasteiger partial charge in [-0.25, -0.2) is 0 Å². The van der Waals surface area contributed by atoms with Crippen molar-refractivity contribution in [1.82, 2.24) is 4.68 Å². The van der Waals surface area contributed by atoms with Crippen molar-refractivity contribution in [1.29, 1.82) is 0 Å². The molecular formula is C15H20N2. The normalized spacial score (nSPS) is 10.6. The van der Waals surface area contributed by atoms with Gasteiger partial charge in [-0.2, -0.15) is 0 Å². The number of aryl methyl sites for hydroxylation is 3. The van der Waals surface area contributed by atoms with Crippen LogP contribution in [0, 0.1) is 27.7 Å². The fraction of sp³-hybridized carbons (Fsp3) is 0.333. The molecule has 2 aromatic rings. The molecule has 17 heavy (non-hydrogen) atoms. The number of aromatic nitrogens is 1. The molecule has 2 heteroatoms. The Bertz CT molecular complexity index is 504. The Morgan fingerprint density at radius 1 is 0.941 bits per heavy atom. The fourth-order valence-corrected chi connectivity index (χ4v) is 2.09. The van der Waals surface area contributed by atoms with Gasteiger partial charge < -0.3 is 5.43 Å². The maximum atomic E-state index is 3.46. The van der Waals surface area contributed by atoms with Gasteiger partial charge in [0.2, 0.25) is 0 Å². The first kappa shape index (κ1) is 11.8. The minimum atomic E-state index is 0.865. The molecule has 1 heterocycles. The number of hydrogen-bond donors (Lipinski definition) is 1. The quantitative estimate of drug-likeness (QED) is 0.851. The van der Waals surface area contributed by atoms with Crippen LogP contribution < -0.4 is 5.43 Å². The largest absolute Gasteiger partial charge is 0.322 e. The average molecular weight is 228 g/mol. The summed E-state index contributed by atoms with van der Waals surface area (Å²) < 4.78 is 2.14. The zero-order valence-corrected chi connectivity index (χ0v) is 11.0. The van der Waals surface area contributed by atoms with Gasteiger partial charge in [-0.15, -0.1) is 0 Å². The third-order valence-electron chi connectivity index (χ3n) is 3.42. The summed E-state index contributed by atoms with van der Waals surface area (Å²) in [6, 6.07) is 10.7. The van der Waals surface area contributed by atoms with Crippen LogP contribution in [0.3, 0.4) is 0 Å². The first-order valence-corrected chi connectivity index (χ1v) is 6.03. The summed E-state index contributed by atoms with van der Waals surface area (Å²) in [7, 11) is 0. The third-order valence-corrected chi connectivity index (χ3v) is 3.42. The second-order valence-corrected chi connectivity index (χ2v) is 4.65. The summed E-state index contributed by atoms with van der Waals surface area (Å²) in [5.41, 5.74) is 10.0. The minimum absolute atomic E-state index is 0.865. The third kappa shape index (κ3) is 2.36. The lowest BCUT2D eigenvalue weighted by Crippen LogP contribution is -2.17. The number of benzene rings is 1. The molecule has 0 saturated heterocycles. The molecule has 0 spiro atoms. The summed E-state index contributed by atoms with van der Waals surface area (Å²) in [5.74, 6) is 0. The van der Waals surface area contributed by atoms with Gasteiger partial charge in [0, 0.05) is 11.4 Å². The Labute approximate surface area is 103 Å². The van der Waals surface area contributed by atoms with Crippen molar-refractivity contribution >= 4 is 0 Å². The average Bonchev–Trinajstić information content (AvgIpc) is 2.62. The summed E-state index contributed by atoms with van der Waals surface area (Å²) in [5, 5.41) is 0. The van der Waals surface area contributed by atoms with Gasteiger partial charge in [0.05, 0.1) is 6.54 Å². The van der Waals surface area contributed by atoms with Gasteiger partial charge in [0.25, 0.3) is 0 Å². The van der Waals surface area contributed by atoms with Gasteiger partial charge in [0.1, 0.15) is 0 Å². The molecule has 0 amide bonds. The molecule has 2 nitrogen and oxygen atoms in total. The SMILES string of the molecule is Cc1cccc(CNn2c(C)ccc2C)c1C. The molecule has 0 unspecified atom stereocenters. The van der Waals surface area contributed by atoms with Crippen LogP contribution in [0.25, 0.3) is 0 Å². The Morgan fingerprint density at radius 3 is 2.24 bits per heavy atom. The van der Waals surface area contributed by atoms with Gasteiger partial charge in [0.15, 0.2) is 0 Å². The highest BCUT2D eigenvalue weighted by molar-refractivity contribution is 5.33. The molecule has 1 aromatic heterocycles. The maximum Gasteiger partial charge on any atom is 0.0567 e. The Morgan fingerprint density at radius 2 is 1.59 bits per heavy atom. The topological polar surface area (TPSA) is 17.0 Å². The van der Waals surface area contributed by atoms with Crippen molar-refractivity contribution < 1.29 is 0 Å². The fourth-order valence-electron chi connectivity index (χ4n) is 2.09. The van der Waals surface area contributed by atoms with E-state index in [2.05, 4.69) is 68.1 Å². The van der Waals surface area contributed by atoms with Gasteiger partial charge in [-0.1, -0.05) is 18.2 Å².